The van der Waals surface area contributed by atoms with Gasteiger partial charge in [-0.05, 0) is 41.0 Å². The summed E-state index contributed by atoms with van der Waals surface area (Å²) in [6.45, 7) is 0.567. The molecule has 3 aromatic carbocycles. The molecule has 0 aromatic heterocycles. The zero-order valence-electron chi connectivity index (χ0n) is 20.8. The summed E-state index contributed by atoms with van der Waals surface area (Å²) in [5.74, 6) is -0.914. The van der Waals surface area contributed by atoms with Crippen LogP contribution in [0.1, 0.15) is 59.9 Å². The van der Waals surface area contributed by atoms with Crippen molar-refractivity contribution in [2.24, 2.45) is 11.7 Å². The summed E-state index contributed by atoms with van der Waals surface area (Å²) in [7, 11) is 0. The third-order valence-corrected chi connectivity index (χ3v) is 6.86. The number of carbonyl (C=O) groups excluding carboxylic acids is 3. The van der Waals surface area contributed by atoms with Gasteiger partial charge in [0, 0.05) is 12.5 Å². The van der Waals surface area contributed by atoms with Crippen LogP contribution in [0.5, 0.6) is 0 Å². The van der Waals surface area contributed by atoms with Gasteiger partial charge in [0.15, 0.2) is 0 Å². The Morgan fingerprint density at radius 3 is 2.16 bits per heavy atom. The van der Waals surface area contributed by atoms with E-state index in [1.807, 2.05) is 72.8 Å². The van der Waals surface area contributed by atoms with E-state index in [1.54, 1.807) is 12.1 Å². The van der Waals surface area contributed by atoms with Gasteiger partial charge in [-0.25, -0.2) is 4.79 Å². The van der Waals surface area contributed by atoms with E-state index >= 15 is 0 Å². The van der Waals surface area contributed by atoms with Crippen molar-refractivity contribution in [1.82, 2.24) is 10.6 Å². The van der Waals surface area contributed by atoms with Crippen LogP contribution < -0.4 is 16.4 Å². The Kier molecular flexibility index (Phi) is 8.92. The van der Waals surface area contributed by atoms with Gasteiger partial charge in [0.2, 0.25) is 11.8 Å². The molecule has 0 aliphatic heterocycles. The fraction of sp³-hybridized carbons (Fsp3) is 0.300. The minimum absolute atomic E-state index is 0.0518. The van der Waals surface area contributed by atoms with E-state index in [0.717, 1.165) is 42.4 Å². The lowest BCUT2D eigenvalue weighted by atomic mass is 9.74. The maximum absolute atomic E-state index is 13.3. The maximum atomic E-state index is 13.3. The minimum Gasteiger partial charge on any atom is -0.445 e. The average Bonchev–Trinajstić information content (AvgIpc) is 2.94. The van der Waals surface area contributed by atoms with E-state index in [0.29, 0.717) is 12.1 Å². The first-order valence-electron chi connectivity index (χ1n) is 12.7. The van der Waals surface area contributed by atoms with E-state index in [2.05, 4.69) is 10.6 Å². The van der Waals surface area contributed by atoms with Crippen LogP contribution in [-0.2, 0) is 27.5 Å². The molecular formula is C30H33N3O4. The van der Waals surface area contributed by atoms with Gasteiger partial charge in [-0.3, -0.25) is 9.59 Å². The summed E-state index contributed by atoms with van der Waals surface area (Å²) in [4.78, 5) is 37.4. The van der Waals surface area contributed by atoms with Crippen LogP contribution in [0.2, 0.25) is 0 Å². The predicted octanol–water partition coefficient (Wildman–Crippen LogP) is 4.73. The van der Waals surface area contributed by atoms with Gasteiger partial charge in [0.25, 0.3) is 0 Å². The number of alkyl carbamates (subject to hydrolysis) is 1. The SMILES string of the molecule is NC(=O)C(NC(=O)C1CCCCC1c1ccc(CNC(=O)OCc2ccccc2)cc1)c1ccccc1. The molecule has 192 valence electrons. The number of nitrogens with one attached hydrogen (secondary N) is 2. The molecule has 0 saturated heterocycles. The summed E-state index contributed by atoms with van der Waals surface area (Å²) < 4.78 is 5.26. The monoisotopic (exact) mass is 499 g/mol. The fourth-order valence-electron chi connectivity index (χ4n) is 4.89. The Morgan fingerprint density at radius 1 is 0.838 bits per heavy atom. The highest BCUT2D eigenvalue weighted by Crippen LogP contribution is 2.38. The van der Waals surface area contributed by atoms with Gasteiger partial charge >= 0.3 is 6.09 Å². The van der Waals surface area contributed by atoms with Crippen LogP contribution >= 0.6 is 0 Å². The lowest BCUT2D eigenvalue weighted by molar-refractivity contribution is -0.131. The van der Waals surface area contributed by atoms with Crippen molar-refractivity contribution >= 4 is 17.9 Å². The third kappa shape index (κ3) is 7.19. The molecule has 7 nitrogen and oxygen atoms in total. The summed E-state index contributed by atoms with van der Waals surface area (Å²) in [6.07, 6.45) is 3.19. The molecule has 37 heavy (non-hydrogen) atoms. The molecule has 0 bridgehead atoms. The van der Waals surface area contributed by atoms with E-state index < -0.39 is 18.0 Å². The Hall–Kier alpha value is -4.13. The van der Waals surface area contributed by atoms with Crippen LogP contribution in [0.15, 0.2) is 84.9 Å². The zero-order chi connectivity index (χ0) is 26.0. The molecule has 1 saturated carbocycles. The van der Waals surface area contributed by atoms with E-state index in [1.165, 1.54) is 0 Å². The van der Waals surface area contributed by atoms with Gasteiger partial charge in [0.1, 0.15) is 12.6 Å². The second-order valence-corrected chi connectivity index (χ2v) is 9.41. The highest BCUT2D eigenvalue weighted by atomic mass is 16.5. The van der Waals surface area contributed by atoms with Crippen LogP contribution in [0.3, 0.4) is 0 Å². The van der Waals surface area contributed by atoms with E-state index in [9.17, 15) is 14.4 Å². The number of nitrogens with two attached hydrogens (primary N) is 1. The van der Waals surface area contributed by atoms with Gasteiger partial charge < -0.3 is 21.1 Å². The lowest BCUT2D eigenvalue weighted by Gasteiger charge is -2.32. The number of hydrogen-bond donors (Lipinski definition) is 3. The average molecular weight is 500 g/mol. The number of ether oxygens (including phenoxy) is 1. The number of carbonyl (C=O) groups is 3. The number of primary amides is 1. The van der Waals surface area contributed by atoms with Crippen molar-refractivity contribution in [3.05, 3.63) is 107 Å². The first-order chi connectivity index (χ1) is 18.0. The van der Waals surface area contributed by atoms with Gasteiger partial charge in [-0.1, -0.05) is 97.8 Å². The van der Waals surface area contributed by atoms with Crippen molar-refractivity contribution in [1.29, 1.82) is 0 Å². The molecule has 4 rings (SSSR count). The number of benzene rings is 3. The molecular weight excluding hydrogens is 466 g/mol. The normalized spacial score (nSPS) is 17.8. The van der Waals surface area contributed by atoms with Gasteiger partial charge in [0.05, 0.1) is 0 Å². The molecule has 7 heteroatoms. The predicted molar refractivity (Wildman–Crippen MR) is 141 cm³/mol. The van der Waals surface area contributed by atoms with E-state index in [4.69, 9.17) is 10.5 Å². The highest BCUT2D eigenvalue weighted by molar-refractivity contribution is 5.89. The molecule has 0 radical (unpaired) electrons. The number of hydrogen-bond acceptors (Lipinski definition) is 4. The molecule has 0 heterocycles. The summed E-state index contributed by atoms with van der Waals surface area (Å²) in [5, 5.41) is 5.67. The molecule has 4 N–H and O–H groups in total. The molecule has 1 aliphatic rings. The van der Waals surface area contributed by atoms with Crippen molar-refractivity contribution < 1.29 is 19.1 Å². The summed E-state index contributed by atoms with van der Waals surface area (Å²) >= 11 is 0. The quantitative estimate of drug-likeness (QED) is 0.395. The molecule has 3 amide bonds. The Morgan fingerprint density at radius 2 is 1.49 bits per heavy atom. The zero-order valence-corrected chi connectivity index (χ0v) is 20.8. The molecule has 3 aromatic rings. The molecule has 1 fully saturated rings. The first kappa shape index (κ1) is 25.9. The van der Waals surface area contributed by atoms with E-state index in [-0.39, 0.29) is 24.3 Å². The van der Waals surface area contributed by atoms with Crippen molar-refractivity contribution in [3.8, 4) is 0 Å². The fourth-order valence-corrected chi connectivity index (χ4v) is 4.89. The Balaban J connectivity index is 1.34. The highest BCUT2D eigenvalue weighted by Gasteiger charge is 2.34. The van der Waals surface area contributed by atoms with Crippen LogP contribution in [-0.4, -0.2) is 17.9 Å². The van der Waals surface area contributed by atoms with Gasteiger partial charge in [-0.2, -0.15) is 0 Å². The summed E-state index contributed by atoms with van der Waals surface area (Å²) in [5.41, 5.74) is 9.23. The molecule has 3 unspecified atom stereocenters. The first-order valence-corrected chi connectivity index (χ1v) is 12.7. The lowest BCUT2D eigenvalue weighted by Crippen LogP contribution is -2.42. The molecule has 0 spiro atoms. The van der Waals surface area contributed by atoms with Gasteiger partial charge in [-0.15, -0.1) is 0 Å². The molecule has 3 atom stereocenters. The maximum Gasteiger partial charge on any atom is 0.407 e. The van der Waals surface area contributed by atoms with Crippen molar-refractivity contribution in [3.63, 3.8) is 0 Å². The number of amides is 3. The van der Waals surface area contributed by atoms with Crippen molar-refractivity contribution in [2.75, 3.05) is 0 Å². The third-order valence-electron chi connectivity index (χ3n) is 6.86. The molecule has 1 aliphatic carbocycles. The smallest absolute Gasteiger partial charge is 0.407 e. The van der Waals surface area contributed by atoms with Crippen LogP contribution in [0, 0.1) is 5.92 Å². The second kappa shape index (κ2) is 12.7. The Labute approximate surface area is 217 Å². The van der Waals surface area contributed by atoms with Crippen molar-refractivity contribution in [2.45, 2.75) is 50.8 Å². The van der Waals surface area contributed by atoms with Crippen LogP contribution in [0.4, 0.5) is 4.79 Å². The summed E-state index contributed by atoms with van der Waals surface area (Å²) in [6, 6.07) is 25.7. The minimum atomic E-state index is -0.855. The van der Waals surface area contributed by atoms with Crippen LogP contribution in [0.25, 0.3) is 0 Å². The topological polar surface area (TPSA) is 111 Å². The Bertz CT molecular complexity index is 1180. The number of rotatable bonds is 9. The standard InChI is InChI=1S/C30H33N3O4/c31-28(34)27(24-11-5-2-6-12-24)33-29(35)26-14-8-7-13-25(26)23-17-15-21(16-18-23)19-32-30(36)37-20-22-9-3-1-4-10-22/h1-6,9-12,15-18,25-27H,7-8,13-14,19-20H2,(H2,31,34)(H,32,36)(H,33,35). The second-order valence-electron chi connectivity index (χ2n) is 9.41. The largest absolute Gasteiger partial charge is 0.445 e.